The second kappa shape index (κ2) is 5.78. The Morgan fingerprint density at radius 3 is 2.94 bits per heavy atom. The third kappa shape index (κ3) is 2.99. The molecule has 2 atom stereocenters. The Labute approximate surface area is 121 Å². The molecule has 0 radical (unpaired) electrons. The van der Waals surface area contributed by atoms with Gasteiger partial charge in [0.2, 0.25) is 0 Å². The molecule has 1 fully saturated rings. The van der Waals surface area contributed by atoms with Crippen LogP contribution < -0.4 is 11.1 Å². The molecule has 3 N–H and O–H groups in total. The van der Waals surface area contributed by atoms with E-state index in [4.69, 9.17) is 22.1 Å². The predicted octanol–water partition coefficient (Wildman–Crippen LogP) is 3.27. The normalized spacial score (nSPS) is 22.8. The fraction of sp³-hybridized carbons (Fsp3) is 0.538. The second-order valence-corrected chi connectivity index (χ2v) is 6.20. The lowest BCUT2D eigenvalue weighted by Crippen LogP contribution is -2.49. The molecular weight excluding hydrogens is 316 g/mol. The van der Waals surface area contributed by atoms with Crippen molar-refractivity contribution in [1.82, 2.24) is 0 Å². The van der Waals surface area contributed by atoms with E-state index in [0.717, 1.165) is 29.8 Å². The highest BCUT2D eigenvalue weighted by Gasteiger charge is 2.35. The Morgan fingerprint density at radius 2 is 2.39 bits per heavy atom. The van der Waals surface area contributed by atoms with E-state index in [1.807, 2.05) is 18.2 Å². The van der Waals surface area contributed by atoms with Crippen LogP contribution in [0, 0.1) is 5.92 Å². The van der Waals surface area contributed by atoms with E-state index in [2.05, 4.69) is 28.2 Å². The van der Waals surface area contributed by atoms with Crippen LogP contribution in [0.3, 0.4) is 0 Å². The number of rotatable bonds is 4. The maximum absolute atomic E-state index is 6.10. The molecule has 0 saturated carbocycles. The van der Waals surface area contributed by atoms with E-state index in [9.17, 15) is 0 Å². The Balaban J connectivity index is 2.15. The molecule has 1 heterocycles. The SMILES string of the molecule is CC(CN)(Nc1ccc(Br)c(Cl)c1)C1CCOC1. The van der Waals surface area contributed by atoms with Gasteiger partial charge in [0.15, 0.2) is 0 Å². The van der Waals surface area contributed by atoms with Crippen molar-refractivity contribution in [3.8, 4) is 0 Å². The molecule has 0 amide bonds. The summed E-state index contributed by atoms with van der Waals surface area (Å²) in [5.41, 5.74) is 6.77. The average molecular weight is 334 g/mol. The molecule has 0 spiro atoms. The summed E-state index contributed by atoms with van der Waals surface area (Å²) in [6.45, 7) is 4.30. The predicted molar refractivity (Wildman–Crippen MR) is 79.2 cm³/mol. The summed E-state index contributed by atoms with van der Waals surface area (Å²) in [5.74, 6) is 0.435. The number of nitrogens with one attached hydrogen (secondary N) is 1. The van der Waals surface area contributed by atoms with E-state index in [1.54, 1.807) is 0 Å². The summed E-state index contributed by atoms with van der Waals surface area (Å²) in [6, 6.07) is 5.85. The Hall–Kier alpha value is -0.290. The smallest absolute Gasteiger partial charge is 0.0568 e. The molecule has 1 aromatic rings. The van der Waals surface area contributed by atoms with Crippen LogP contribution >= 0.6 is 27.5 Å². The highest BCUT2D eigenvalue weighted by atomic mass is 79.9. The van der Waals surface area contributed by atoms with Gasteiger partial charge >= 0.3 is 0 Å². The van der Waals surface area contributed by atoms with Crippen molar-refractivity contribution in [3.05, 3.63) is 27.7 Å². The molecule has 1 saturated heterocycles. The number of halogens is 2. The molecule has 0 bridgehead atoms. The summed E-state index contributed by atoms with van der Waals surface area (Å²) in [5, 5.41) is 4.20. The molecule has 5 heteroatoms. The standard InChI is InChI=1S/C13H18BrClN2O/c1-13(8-16,9-4-5-18-7-9)17-10-2-3-11(14)12(15)6-10/h2-3,6,9,17H,4-5,7-8,16H2,1H3. The molecule has 1 aliphatic rings. The van der Waals surface area contributed by atoms with Crippen LogP contribution in [0.5, 0.6) is 0 Å². The van der Waals surface area contributed by atoms with E-state index in [1.165, 1.54) is 0 Å². The van der Waals surface area contributed by atoms with Gasteiger partial charge in [-0.05, 0) is 47.5 Å². The molecule has 1 aromatic carbocycles. The second-order valence-electron chi connectivity index (χ2n) is 4.94. The molecule has 2 unspecified atom stereocenters. The van der Waals surface area contributed by atoms with Crippen LogP contribution in [0.4, 0.5) is 5.69 Å². The van der Waals surface area contributed by atoms with Crippen molar-refractivity contribution >= 4 is 33.2 Å². The van der Waals surface area contributed by atoms with Crippen molar-refractivity contribution in [2.75, 3.05) is 25.1 Å². The number of benzene rings is 1. The molecule has 18 heavy (non-hydrogen) atoms. The van der Waals surface area contributed by atoms with Crippen molar-refractivity contribution < 1.29 is 4.74 Å². The zero-order valence-electron chi connectivity index (χ0n) is 10.4. The summed E-state index contributed by atoms with van der Waals surface area (Å²) in [7, 11) is 0. The Bertz CT molecular complexity index is 423. The minimum absolute atomic E-state index is 0.159. The number of hydrogen-bond donors (Lipinski definition) is 2. The van der Waals surface area contributed by atoms with Crippen molar-refractivity contribution in [2.45, 2.75) is 18.9 Å². The lowest BCUT2D eigenvalue weighted by Gasteiger charge is -2.35. The summed E-state index contributed by atoms with van der Waals surface area (Å²) in [4.78, 5) is 0. The number of hydrogen-bond acceptors (Lipinski definition) is 3. The zero-order chi connectivity index (χ0) is 13.2. The quantitative estimate of drug-likeness (QED) is 0.889. The first-order valence-electron chi connectivity index (χ1n) is 6.06. The summed E-state index contributed by atoms with van der Waals surface area (Å²) in [6.07, 6.45) is 1.05. The van der Waals surface area contributed by atoms with Crippen molar-refractivity contribution in [2.24, 2.45) is 11.7 Å². The van der Waals surface area contributed by atoms with Crippen LogP contribution in [0.15, 0.2) is 22.7 Å². The average Bonchev–Trinajstić information content (AvgIpc) is 2.88. The minimum Gasteiger partial charge on any atom is -0.381 e. The van der Waals surface area contributed by atoms with Crippen molar-refractivity contribution in [1.29, 1.82) is 0 Å². The first kappa shape index (κ1) is 14.1. The molecule has 2 rings (SSSR count). The first-order valence-corrected chi connectivity index (χ1v) is 7.23. The van der Waals surface area contributed by atoms with Gasteiger partial charge < -0.3 is 15.8 Å². The molecular formula is C13H18BrClN2O. The van der Waals surface area contributed by atoms with E-state index >= 15 is 0 Å². The van der Waals surface area contributed by atoms with Gasteiger partial charge in [-0.3, -0.25) is 0 Å². The van der Waals surface area contributed by atoms with Gasteiger partial charge in [0.05, 0.1) is 17.2 Å². The fourth-order valence-electron chi connectivity index (χ4n) is 2.26. The summed E-state index contributed by atoms with van der Waals surface area (Å²) >= 11 is 9.49. The molecule has 0 aromatic heterocycles. The van der Waals surface area contributed by atoms with Gasteiger partial charge in [0.1, 0.15) is 0 Å². The largest absolute Gasteiger partial charge is 0.381 e. The van der Waals surface area contributed by atoms with Gasteiger partial charge in [-0.2, -0.15) is 0 Å². The number of ether oxygens (including phenoxy) is 1. The van der Waals surface area contributed by atoms with Gasteiger partial charge in [0.25, 0.3) is 0 Å². The molecule has 100 valence electrons. The van der Waals surface area contributed by atoms with Gasteiger partial charge in [-0.25, -0.2) is 0 Å². The van der Waals surface area contributed by atoms with Gasteiger partial charge in [-0.1, -0.05) is 11.6 Å². The highest BCUT2D eigenvalue weighted by Crippen LogP contribution is 2.31. The van der Waals surface area contributed by atoms with Crippen molar-refractivity contribution in [3.63, 3.8) is 0 Å². The van der Waals surface area contributed by atoms with Crippen LogP contribution in [0.25, 0.3) is 0 Å². The lowest BCUT2D eigenvalue weighted by atomic mass is 9.84. The lowest BCUT2D eigenvalue weighted by molar-refractivity contribution is 0.172. The van der Waals surface area contributed by atoms with Crippen LogP contribution in [0.1, 0.15) is 13.3 Å². The highest BCUT2D eigenvalue weighted by molar-refractivity contribution is 9.10. The fourth-order valence-corrected chi connectivity index (χ4v) is 2.69. The zero-order valence-corrected chi connectivity index (χ0v) is 12.7. The minimum atomic E-state index is -0.159. The number of anilines is 1. The van der Waals surface area contributed by atoms with Gasteiger partial charge in [0, 0.05) is 29.2 Å². The van der Waals surface area contributed by atoms with E-state index < -0.39 is 0 Å². The Morgan fingerprint density at radius 1 is 1.61 bits per heavy atom. The molecule has 0 aliphatic carbocycles. The first-order chi connectivity index (χ1) is 8.55. The number of nitrogens with two attached hydrogens (primary N) is 1. The topological polar surface area (TPSA) is 47.3 Å². The van der Waals surface area contributed by atoms with Crippen LogP contribution in [-0.4, -0.2) is 25.3 Å². The van der Waals surface area contributed by atoms with Crippen LogP contribution in [0.2, 0.25) is 5.02 Å². The third-order valence-corrected chi connectivity index (χ3v) is 4.84. The monoisotopic (exact) mass is 332 g/mol. The molecule has 1 aliphatic heterocycles. The van der Waals surface area contributed by atoms with Crippen LogP contribution in [-0.2, 0) is 4.74 Å². The van der Waals surface area contributed by atoms with E-state index in [-0.39, 0.29) is 5.54 Å². The maximum atomic E-state index is 6.10. The molecule has 3 nitrogen and oxygen atoms in total. The summed E-state index contributed by atoms with van der Waals surface area (Å²) < 4.78 is 6.35. The maximum Gasteiger partial charge on any atom is 0.0568 e. The van der Waals surface area contributed by atoms with E-state index in [0.29, 0.717) is 17.5 Å². The third-order valence-electron chi connectivity index (χ3n) is 3.60. The Kier molecular flexibility index (Phi) is 4.54. The van der Waals surface area contributed by atoms with Gasteiger partial charge in [-0.15, -0.1) is 0 Å².